The average Bonchev–Trinajstić information content (AvgIpc) is 2.12. The SMILES string of the molecule is O=C(CCl)c1c(Br)ccc(O)c1F. The molecule has 0 amide bonds. The van der Waals surface area contributed by atoms with Crippen LogP contribution in [-0.2, 0) is 0 Å². The smallest absolute Gasteiger partial charge is 0.181 e. The lowest BCUT2D eigenvalue weighted by atomic mass is 10.1. The number of benzene rings is 1. The van der Waals surface area contributed by atoms with Crippen LogP contribution in [0, 0.1) is 5.82 Å². The Balaban J connectivity index is 3.33. The third-order valence-corrected chi connectivity index (χ3v) is 2.37. The maximum atomic E-state index is 13.1. The zero-order chi connectivity index (χ0) is 10.0. The Morgan fingerprint density at radius 1 is 1.62 bits per heavy atom. The molecule has 70 valence electrons. The van der Waals surface area contributed by atoms with E-state index in [1.165, 1.54) is 6.07 Å². The normalized spacial score (nSPS) is 10.1. The molecule has 0 aliphatic rings. The van der Waals surface area contributed by atoms with Crippen molar-refractivity contribution in [3.05, 3.63) is 28.0 Å². The van der Waals surface area contributed by atoms with Gasteiger partial charge in [0.1, 0.15) is 0 Å². The summed E-state index contributed by atoms with van der Waals surface area (Å²) in [5.74, 6) is -2.39. The first-order valence-corrected chi connectivity index (χ1v) is 4.66. The summed E-state index contributed by atoms with van der Waals surface area (Å²) >= 11 is 8.26. The van der Waals surface area contributed by atoms with Gasteiger partial charge >= 0.3 is 0 Å². The molecule has 0 aromatic heterocycles. The van der Waals surface area contributed by atoms with Gasteiger partial charge in [-0.2, -0.15) is 0 Å². The zero-order valence-electron chi connectivity index (χ0n) is 6.35. The summed E-state index contributed by atoms with van der Waals surface area (Å²) in [7, 11) is 0. The minimum Gasteiger partial charge on any atom is -0.505 e. The summed E-state index contributed by atoms with van der Waals surface area (Å²) in [6.07, 6.45) is 0. The third-order valence-electron chi connectivity index (χ3n) is 1.47. The number of carbonyl (C=O) groups is 1. The highest BCUT2D eigenvalue weighted by atomic mass is 79.9. The molecule has 1 aromatic rings. The molecule has 0 atom stereocenters. The molecule has 0 aliphatic carbocycles. The molecule has 0 saturated heterocycles. The van der Waals surface area contributed by atoms with Gasteiger partial charge in [-0.3, -0.25) is 4.79 Å². The van der Waals surface area contributed by atoms with Gasteiger partial charge in [-0.1, -0.05) is 0 Å². The summed E-state index contributed by atoms with van der Waals surface area (Å²) in [5, 5.41) is 8.98. The molecule has 0 aliphatic heterocycles. The number of phenolic OH excluding ortho intramolecular Hbond substituents is 1. The largest absolute Gasteiger partial charge is 0.505 e. The van der Waals surface area contributed by atoms with Crippen LogP contribution in [0.5, 0.6) is 5.75 Å². The van der Waals surface area contributed by atoms with E-state index >= 15 is 0 Å². The summed E-state index contributed by atoms with van der Waals surface area (Å²) in [6.45, 7) is 0. The molecular formula is C8H5BrClFO2. The predicted octanol–water partition coefficient (Wildman–Crippen LogP) is 2.72. The third kappa shape index (κ3) is 2.00. The standard InChI is InChI=1S/C8H5BrClFO2/c9-4-1-2-5(12)8(11)7(4)6(13)3-10/h1-2,12H,3H2. The van der Waals surface area contributed by atoms with Crippen LogP contribution in [0.2, 0.25) is 0 Å². The fourth-order valence-electron chi connectivity index (χ4n) is 0.864. The van der Waals surface area contributed by atoms with Crippen LogP contribution in [0.15, 0.2) is 16.6 Å². The molecule has 0 fully saturated rings. The monoisotopic (exact) mass is 266 g/mol. The number of hydrogen-bond acceptors (Lipinski definition) is 2. The Bertz CT molecular complexity index is 354. The molecule has 0 saturated carbocycles. The molecule has 0 radical (unpaired) electrons. The number of halogens is 3. The Hall–Kier alpha value is -0.610. The van der Waals surface area contributed by atoms with E-state index < -0.39 is 17.3 Å². The van der Waals surface area contributed by atoms with Crippen LogP contribution < -0.4 is 0 Å². The summed E-state index contributed by atoms with van der Waals surface area (Å²) in [4.78, 5) is 11.1. The van der Waals surface area contributed by atoms with Gasteiger partial charge in [-0.05, 0) is 28.1 Å². The fourth-order valence-corrected chi connectivity index (χ4v) is 1.52. The van der Waals surface area contributed by atoms with Crippen molar-refractivity contribution in [3.63, 3.8) is 0 Å². The van der Waals surface area contributed by atoms with Crippen molar-refractivity contribution in [3.8, 4) is 5.75 Å². The van der Waals surface area contributed by atoms with Crippen LogP contribution >= 0.6 is 27.5 Å². The first-order chi connectivity index (χ1) is 6.07. The summed E-state index contributed by atoms with van der Waals surface area (Å²) in [5.41, 5.74) is -0.213. The van der Waals surface area contributed by atoms with Gasteiger partial charge in [0.05, 0.1) is 11.4 Å². The second-order valence-corrected chi connectivity index (χ2v) is 3.43. The minimum atomic E-state index is -0.944. The number of alkyl halides is 1. The molecule has 1 rings (SSSR count). The van der Waals surface area contributed by atoms with E-state index in [4.69, 9.17) is 16.7 Å². The number of Topliss-reactive ketones (excluding diaryl/α,β-unsaturated/α-hetero) is 1. The van der Waals surface area contributed by atoms with Crippen molar-refractivity contribution in [2.75, 3.05) is 5.88 Å². The molecule has 5 heteroatoms. The fraction of sp³-hybridized carbons (Fsp3) is 0.125. The van der Waals surface area contributed by atoms with Crippen molar-refractivity contribution in [1.82, 2.24) is 0 Å². The molecule has 13 heavy (non-hydrogen) atoms. The van der Waals surface area contributed by atoms with Crippen LogP contribution in [0.1, 0.15) is 10.4 Å². The van der Waals surface area contributed by atoms with Crippen molar-refractivity contribution in [2.24, 2.45) is 0 Å². The van der Waals surface area contributed by atoms with Crippen molar-refractivity contribution in [2.45, 2.75) is 0 Å². The number of carbonyl (C=O) groups excluding carboxylic acids is 1. The highest BCUT2D eigenvalue weighted by Gasteiger charge is 2.17. The van der Waals surface area contributed by atoms with Crippen LogP contribution in [-0.4, -0.2) is 16.8 Å². The number of ketones is 1. The van der Waals surface area contributed by atoms with E-state index in [1.807, 2.05) is 0 Å². The number of phenols is 1. The van der Waals surface area contributed by atoms with E-state index in [2.05, 4.69) is 15.9 Å². The van der Waals surface area contributed by atoms with E-state index in [0.29, 0.717) is 0 Å². The summed E-state index contributed by atoms with van der Waals surface area (Å²) < 4.78 is 13.4. The Kier molecular flexibility index (Phi) is 3.27. The van der Waals surface area contributed by atoms with Crippen LogP contribution in [0.25, 0.3) is 0 Å². The first kappa shape index (κ1) is 10.5. The van der Waals surface area contributed by atoms with Gasteiger partial charge in [-0.15, -0.1) is 11.6 Å². The second kappa shape index (κ2) is 4.07. The molecule has 0 unspecified atom stereocenters. The molecule has 0 bridgehead atoms. The lowest BCUT2D eigenvalue weighted by Gasteiger charge is -2.03. The molecule has 2 nitrogen and oxygen atoms in total. The molecule has 0 heterocycles. The molecular weight excluding hydrogens is 262 g/mol. The zero-order valence-corrected chi connectivity index (χ0v) is 8.69. The maximum absolute atomic E-state index is 13.1. The van der Waals surface area contributed by atoms with Crippen molar-refractivity contribution in [1.29, 1.82) is 0 Å². The second-order valence-electron chi connectivity index (χ2n) is 2.31. The average molecular weight is 267 g/mol. The maximum Gasteiger partial charge on any atom is 0.181 e. The lowest BCUT2D eigenvalue weighted by molar-refractivity contribution is 0.101. The van der Waals surface area contributed by atoms with Crippen molar-refractivity contribution >= 4 is 33.3 Å². The van der Waals surface area contributed by atoms with E-state index in [0.717, 1.165) is 6.07 Å². The molecule has 1 N–H and O–H groups in total. The Morgan fingerprint density at radius 3 is 2.77 bits per heavy atom. The Morgan fingerprint density at radius 2 is 2.23 bits per heavy atom. The first-order valence-electron chi connectivity index (χ1n) is 3.34. The van der Waals surface area contributed by atoms with Gasteiger partial charge in [-0.25, -0.2) is 4.39 Å². The van der Waals surface area contributed by atoms with E-state index in [1.54, 1.807) is 0 Å². The molecule has 0 spiro atoms. The highest BCUT2D eigenvalue weighted by Crippen LogP contribution is 2.27. The number of aromatic hydroxyl groups is 1. The van der Waals surface area contributed by atoms with Gasteiger partial charge in [0.2, 0.25) is 0 Å². The van der Waals surface area contributed by atoms with Gasteiger partial charge in [0, 0.05) is 4.47 Å². The topological polar surface area (TPSA) is 37.3 Å². The Labute approximate surface area is 87.5 Å². The van der Waals surface area contributed by atoms with E-state index in [9.17, 15) is 9.18 Å². The minimum absolute atomic E-state index is 0.213. The van der Waals surface area contributed by atoms with Crippen LogP contribution in [0.4, 0.5) is 4.39 Å². The number of rotatable bonds is 2. The highest BCUT2D eigenvalue weighted by molar-refractivity contribution is 9.10. The predicted molar refractivity (Wildman–Crippen MR) is 50.8 cm³/mol. The lowest BCUT2D eigenvalue weighted by Crippen LogP contribution is -2.04. The van der Waals surface area contributed by atoms with Gasteiger partial charge in [0.25, 0.3) is 0 Å². The van der Waals surface area contributed by atoms with Crippen molar-refractivity contribution < 1.29 is 14.3 Å². The van der Waals surface area contributed by atoms with Gasteiger partial charge < -0.3 is 5.11 Å². The number of hydrogen-bond donors (Lipinski definition) is 1. The van der Waals surface area contributed by atoms with Gasteiger partial charge in [0.15, 0.2) is 17.3 Å². The van der Waals surface area contributed by atoms with E-state index in [-0.39, 0.29) is 15.9 Å². The molecule has 1 aromatic carbocycles. The quantitative estimate of drug-likeness (QED) is 0.661. The van der Waals surface area contributed by atoms with Crippen LogP contribution in [0.3, 0.4) is 0 Å². The summed E-state index contributed by atoms with van der Waals surface area (Å²) in [6, 6.07) is 2.54.